The van der Waals surface area contributed by atoms with Crippen LogP contribution in [0.5, 0.6) is 0 Å². The van der Waals surface area contributed by atoms with Crippen molar-refractivity contribution in [2.75, 3.05) is 7.05 Å². The minimum Gasteiger partial charge on any atom is -0.423 e. The molecule has 0 saturated carbocycles. The van der Waals surface area contributed by atoms with Crippen molar-refractivity contribution in [3.05, 3.63) is 47.7 Å². The van der Waals surface area contributed by atoms with Crippen LogP contribution in [0.2, 0.25) is 0 Å². The molecule has 2 aromatic rings. The summed E-state index contributed by atoms with van der Waals surface area (Å²) < 4.78 is 5.66. The van der Waals surface area contributed by atoms with Gasteiger partial charge in [-0.1, -0.05) is 30.3 Å². The Labute approximate surface area is 101 Å². The van der Waals surface area contributed by atoms with E-state index >= 15 is 0 Å². The molecule has 1 heterocycles. The molecule has 0 aliphatic carbocycles. The third-order valence-corrected chi connectivity index (χ3v) is 2.82. The zero-order valence-corrected chi connectivity index (χ0v) is 10.4. The number of benzene rings is 1. The van der Waals surface area contributed by atoms with E-state index in [0.29, 0.717) is 18.3 Å². The first-order valence-corrected chi connectivity index (χ1v) is 5.67. The molecular formula is C13H17N3O. The molecule has 0 saturated heterocycles. The molecule has 1 aromatic carbocycles. The lowest BCUT2D eigenvalue weighted by Gasteiger charge is -2.20. The fraction of sp³-hybridized carbons (Fsp3) is 0.385. The Balaban J connectivity index is 2.31. The van der Waals surface area contributed by atoms with Crippen LogP contribution in [-0.2, 0) is 12.0 Å². The van der Waals surface area contributed by atoms with Gasteiger partial charge in [0.1, 0.15) is 0 Å². The highest BCUT2D eigenvalue weighted by molar-refractivity contribution is 5.29. The van der Waals surface area contributed by atoms with Crippen molar-refractivity contribution in [2.45, 2.75) is 25.8 Å². The maximum absolute atomic E-state index is 5.66. The number of hydrogen-bond donors (Lipinski definition) is 1. The zero-order valence-electron chi connectivity index (χ0n) is 10.4. The van der Waals surface area contributed by atoms with Gasteiger partial charge in [-0.3, -0.25) is 0 Å². The van der Waals surface area contributed by atoms with Crippen molar-refractivity contribution in [1.82, 2.24) is 15.5 Å². The van der Waals surface area contributed by atoms with Crippen molar-refractivity contribution in [2.24, 2.45) is 0 Å². The monoisotopic (exact) mass is 231 g/mol. The van der Waals surface area contributed by atoms with Gasteiger partial charge in [-0.25, -0.2) is 0 Å². The molecular weight excluding hydrogens is 214 g/mol. The molecule has 1 N–H and O–H groups in total. The Kier molecular flexibility index (Phi) is 3.24. The third kappa shape index (κ3) is 2.36. The van der Waals surface area contributed by atoms with Crippen LogP contribution < -0.4 is 5.32 Å². The van der Waals surface area contributed by atoms with Gasteiger partial charge in [-0.05, 0) is 26.5 Å². The summed E-state index contributed by atoms with van der Waals surface area (Å²) in [6, 6.07) is 10.2. The average molecular weight is 231 g/mol. The molecule has 0 bridgehead atoms. The standard InChI is InChI=1S/C13H17N3O/c1-13(2,10-7-5-4-6-8-10)12-16-15-11(17-12)9-14-3/h4-8,14H,9H2,1-3H3. The van der Waals surface area contributed by atoms with Crippen molar-refractivity contribution < 1.29 is 4.42 Å². The van der Waals surface area contributed by atoms with Crippen LogP contribution in [-0.4, -0.2) is 17.2 Å². The first-order chi connectivity index (χ1) is 8.14. The van der Waals surface area contributed by atoms with Gasteiger partial charge in [-0.2, -0.15) is 0 Å². The van der Waals surface area contributed by atoms with Crippen molar-refractivity contribution in [1.29, 1.82) is 0 Å². The van der Waals surface area contributed by atoms with E-state index in [9.17, 15) is 0 Å². The Morgan fingerprint density at radius 1 is 1.18 bits per heavy atom. The molecule has 2 rings (SSSR count). The number of aromatic nitrogens is 2. The van der Waals surface area contributed by atoms with Crippen LogP contribution in [0.4, 0.5) is 0 Å². The number of hydrogen-bond acceptors (Lipinski definition) is 4. The van der Waals surface area contributed by atoms with Crippen LogP contribution >= 0.6 is 0 Å². The summed E-state index contributed by atoms with van der Waals surface area (Å²) in [6.45, 7) is 4.76. The second-order valence-corrected chi connectivity index (χ2v) is 4.52. The van der Waals surface area contributed by atoms with Gasteiger partial charge in [0, 0.05) is 0 Å². The highest BCUT2D eigenvalue weighted by Gasteiger charge is 2.29. The van der Waals surface area contributed by atoms with Crippen LogP contribution in [0.3, 0.4) is 0 Å². The van der Waals surface area contributed by atoms with E-state index in [1.54, 1.807) is 0 Å². The van der Waals surface area contributed by atoms with Gasteiger partial charge in [0.2, 0.25) is 11.8 Å². The van der Waals surface area contributed by atoms with E-state index < -0.39 is 0 Å². The summed E-state index contributed by atoms with van der Waals surface area (Å²) in [7, 11) is 1.85. The molecule has 0 unspecified atom stereocenters. The summed E-state index contributed by atoms with van der Waals surface area (Å²) in [5, 5.41) is 11.1. The third-order valence-electron chi connectivity index (χ3n) is 2.82. The summed E-state index contributed by atoms with van der Waals surface area (Å²) >= 11 is 0. The fourth-order valence-electron chi connectivity index (χ4n) is 1.71. The molecule has 90 valence electrons. The summed E-state index contributed by atoms with van der Waals surface area (Å²) in [5.74, 6) is 1.26. The lowest BCUT2D eigenvalue weighted by molar-refractivity contribution is 0.382. The van der Waals surface area contributed by atoms with Crippen molar-refractivity contribution in [3.63, 3.8) is 0 Å². The molecule has 0 fully saturated rings. The molecule has 0 atom stereocenters. The van der Waals surface area contributed by atoms with Crippen molar-refractivity contribution in [3.8, 4) is 0 Å². The number of rotatable bonds is 4. The molecule has 0 aliphatic heterocycles. The molecule has 4 heteroatoms. The van der Waals surface area contributed by atoms with Crippen molar-refractivity contribution >= 4 is 0 Å². The average Bonchev–Trinajstić information content (AvgIpc) is 2.80. The zero-order chi connectivity index (χ0) is 12.3. The normalized spacial score (nSPS) is 11.7. The predicted molar refractivity (Wildman–Crippen MR) is 65.6 cm³/mol. The maximum atomic E-state index is 5.66. The predicted octanol–water partition coefficient (Wildman–Crippen LogP) is 2.11. The largest absolute Gasteiger partial charge is 0.423 e. The number of nitrogens with one attached hydrogen (secondary N) is 1. The molecule has 0 radical (unpaired) electrons. The molecule has 1 aromatic heterocycles. The van der Waals surface area contributed by atoms with E-state index in [2.05, 4.69) is 41.5 Å². The molecule has 17 heavy (non-hydrogen) atoms. The van der Waals surface area contributed by atoms with E-state index in [1.807, 2.05) is 25.2 Å². The van der Waals surface area contributed by atoms with Gasteiger partial charge < -0.3 is 9.73 Å². The summed E-state index contributed by atoms with van der Waals surface area (Å²) in [6.07, 6.45) is 0. The van der Waals surface area contributed by atoms with E-state index in [-0.39, 0.29) is 5.41 Å². The topological polar surface area (TPSA) is 51.0 Å². The Hall–Kier alpha value is -1.68. The Bertz CT molecular complexity index is 476. The van der Waals surface area contributed by atoms with Gasteiger partial charge in [0.25, 0.3) is 0 Å². The second-order valence-electron chi connectivity index (χ2n) is 4.52. The summed E-state index contributed by atoms with van der Waals surface area (Å²) in [4.78, 5) is 0. The van der Waals surface area contributed by atoms with Crippen LogP contribution in [0.25, 0.3) is 0 Å². The summed E-state index contributed by atoms with van der Waals surface area (Å²) in [5.41, 5.74) is 0.903. The van der Waals surface area contributed by atoms with Gasteiger partial charge in [0.05, 0.1) is 12.0 Å². The van der Waals surface area contributed by atoms with Crippen LogP contribution in [0.15, 0.2) is 34.7 Å². The molecule has 0 spiro atoms. The number of nitrogens with zero attached hydrogens (tertiary/aromatic N) is 2. The highest BCUT2D eigenvalue weighted by atomic mass is 16.4. The maximum Gasteiger partial charge on any atom is 0.230 e. The smallest absolute Gasteiger partial charge is 0.230 e. The van der Waals surface area contributed by atoms with Crippen LogP contribution in [0.1, 0.15) is 31.2 Å². The molecule has 0 aliphatic rings. The minimum atomic E-state index is -0.264. The van der Waals surface area contributed by atoms with E-state index in [0.717, 1.165) is 0 Å². The highest BCUT2D eigenvalue weighted by Crippen LogP contribution is 2.29. The SMILES string of the molecule is CNCc1nnc(C(C)(C)c2ccccc2)o1. The van der Waals surface area contributed by atoms with Gasteiger partial charge in [0.15, 0.2) is 0 Å². The Morgan fingerprint density at radius 2 is 1.88 bits per heavy atom. The minimum absolute atomic E-state index is 0.264. The fourth-order valence-corrected chi connectivity index (χ4v) is 1.71. The quantitative estimate of drug-likeness (QED) is 0.875. The first-order valence-electron chi connectivity index (χ1n) is 5.67. The Morgan fingerprint density at radius 3 is 2.53 bits per heavy atom. The van der Waals surface area contributed by atoms with Gasteiger partial charge in [-0.15, -0.1) is 10.2 Å². The lowest BCUT2D eigenvalue weighted by atomic mass is 9.85. The molecule has 4 nitrogen and oxygen atoms in total. The van der Waals surface area contributed by atoms with E-state index in [4.69, 9.17) is 4.42 Å². The first kappa shape index (κ1) is 11.8. The lowest BCUT2D eigenvalue weighted by Crippen LogP contribution is -2.19. The van der Waals surface area contributed by atoms with E-state index in [1.165, 1.54) is 5.56 Å². The van der Waals surface area contributed by atoms with Crippen LogP contribution in [0, 0.1) is 0 Å². The second kappa shape index (κ2) is 4.67. The molecule has 0 amide bonds. The van der Waals surface area contributed by atoms with Gasteiger partial charge >= 0.3 is 0 Å².